The van der Waals surface area contributed by atoms with Gasteiger partial charge in [-0.3, -0.25) is 0 Å². The Morgan fingerprint density at radius 1 is 1.42 bits per heavy atom. The van der Waals surface area contributed by atoms with E-state index in [1.54, 1.807) is 0 Å². The maximum absolute atomic E-state index is 11.8. The number of aromatic nitrogens is 2. The molecule has 1 aromatic rings. The monoisotopic (exact) mass is 303 g/mol. The normalized spacial score (nSPS) is 21.5. The van der Waals surface area contributed by atoms with Gasteiger partial charge in [-0.25, -0.2) is 18.4 Å². The first-order chi connectivity index (χ1) is 8.94. The Balaban J connectivity index is 2.13. The van der Waals surface area contributed by atoms with Crippen LogP contribution in [0.4, 0.5) is 5.82 Å². The minimum Gasteiger partial charge on any atom is -0.368 e. The number of anilines is 1. The standard InChI is InChI=1S/C12H18ClN3O2S/c1-3-10-15-11(13)8(2)12(16-10)14-7-9-5-4-6-19(9,17)18/h9H,3-7H2,1-2H3,(H,14,15,16). The molecule has 0 bridgehead atoms. The Morgan fingerprint density at radius 3 is 2.74 bits per heavy atom. The zero-order valence-electron chi connectivity index (χ0n) is 11.1. The number of aryl methyl sites for hydroxylation is 1. The van der Waals surface area contributed by atoms with Crippen molar-refractivity contribution >= 4 is 27.3 Å². The van der Waals surface area contributed by atoms with E-state index >= 15 is 0 Å². The Morgan fingerprint density at radius 2 is 2.16 bits per heavy atom. The molecule has 2 heterocycles. The highest BCUT2D eigenvalue weighted by Crippen LogP contribution is 2.23. The smallest absolute Gasteiger partial charge is 0.154 e. The van der Waals surface area contributed by atoms with Crippen LogP contribution in [0.3, 0.4) is 0 Å². The van der Waals surface area contributed by atoms with Gasteiger partial charge < -0.3 is 5.32 Å². The summed E-state index contributed by atoms with van der Waals surface area (Å²) in [4.78, 5) is 8.52. The zero-order valence-corrected chi connectivity index (χ0v) is 12.7. The van der Waals surface area contributed by atoms with Crippen molar-refractivity contribution < 1.29 is 8.42 Å². The predicted molar refractivity (Wildman–Crippen MR) is 76.5 cm³/mol. The van der Waals surface area contributed by atoms with Gasteiger partial charge in [-0.1, -0.05) is 18.5 Å². The van der Waals surface area contributed by atoms with Gasteiger partial charge in [-0.15, -0.1) is 0 Å². The van der Waals surface area contributed by atoms with Crippen molar-refractivity contribution in [2.75, 3.05) is 17.6 Å². The van der Waals surface area contributed by atoms with Crippen molar-refractivity contribution in [1.82, 2.24) is 9.97 Å². The highest BCUT2D eigenvalue weighted by Gasteiger charge is 2.31. The molecule has 1 atom stereocenters. The molecule has 0 aromatic carbocycles. The summed E-state index contributed by atoms with van der Waals surface area (Å²) >= 11 is 6.04. The van der Waals surface area contributed by atoms with Crippen LogP contribution in [-0.4, -0.2) is 35.9 Å². The number of rotatable bonds is 4. The first kappa shape index (κ1) is 14.5. The predicted octanol–water partition coefficient (Wildman–Crippen LogP) is 1.99. The first-order valence-corrected chi connectivity index (χ1v) is 8.52. The third-order valence-electron chi connectivity index (χ3n) is 3.41. The van der Waals surface area contributed by atoms with Crippen molar-refractivity contribution in [2.45, 2.75) is 38.4 Å². The lowest BCUT2D eigenvalue weighted by Gasteiger charge is -2.14. The largest absolute Gasteiger partial charge is 0.368 e. The molecule has 106 valence electrons. The summed E-state index contributed by atoms with van der Waals surface area (Å²) in [5.74, 6) is 1.59. The first-order valence-electron chi connectivity index (χ1n) is 6.42. The number of nitrogens with zero attached hydrogens (tertiary/aromatic N) is 2. The van der Waals surface area contributed by atoms with E-state index < -0.39 is 9.84 Å². The fourth-order valence-electron chi connectivity index (χ4n) is 2.16. The van der Waals surface area contributed by atoms with Crippen LogP contribution < -0.4 is 5.32 Å². The minimum atomic E-state index is -2.93. The molecule has 0 spiro atoms. The van der Waals surface area contributed by atoms with Crippen molar-refractivity contribution in [3.05, 3.63) is 16.5 Å². The minimum absolute atomic E-state index is 0.295. The Labute approximate surface area is 118 Å². The second-order valence-corrected chi connectivity index (χ2v) is 7.53. The lowest BCUT2D eigenvalue weighted by atomic mass is 10.2. The van der Waals surface area contributed by atoms with Gasteiger partial charge in [-0.05, 0) is 19.8 Å². The molecule has 7 heteroatoms. The summed E-state index contributed by atoms with van der Waals surface area (Å²) < 4.78 is 23.5. The number of sulfone groups is 1. The van der Waals surface area contributed by atoms with E-state index in [0.717, 1.165) is 12.0 Å². The average Bonchev–Trinajstić information content (AvgIpc) is 2.70. The summed E-state index contributed by atoms with van der Waals surface area (Å²) in [5.41, 5.74) is 0.759. The Kier molecular flexibility index (Phi) is 4.30. The van der Waals surface area contributed by atoms with Crippen LogP contribution >= 0.6 is 11.6 Å². The lowest BCUT2D eigenvalue weighted by Crippen LogP contribution is -2.25. The van der Waals surface area contributed by atoms with E-state index in [1.165, 1.54) is 0 Å². The molecule has 1 aliphatic heterocycles. The molecular formula is C12H18ClN3O2S. The number of halogens is 1. The third-order valence-corrected chi connectivity index (χ3v) is 6.05. The fourth-order valence-corrected chi connectivity index (χ4v) is 4.11. The van der Waals surface area contributed by atoms with Gasteiger partial charge in [0.2, 0.25) is 0 Å². The molecule has 2 rings (SSSR count). The topological polar surface area (TPSA) is 72.0 Å². The maximum atomic E-state index is 11.8. The van der Waals surface area contributed by atoms with E-state index in [-0.39, 0.29) is 5.25 Å². The number of hydrogen-bond donors (Lipinski definition) is 1. The molecule has 1 fully saturated rings. The van der Waals surface area contributed by atoms with Crippen LogP contribution in [0.25, 0.3) is 0 Å². The van der Waals surface area contributed by atoms with Gasteiger partial charge >= 0.3 is 0 Å². The number of nitrogens with one attached hydrogen (secondary N) is 1. The van der Waals surface area contributed by atoms with Crippen molar-refractivity contribution in [3.8, 4) is 0 Å². The molecule has 1 unspecified atom stereocenters. The average molecular weight is 304 g/mol. The second kappa shape index (κ2) is 5.63. The highest BCUT2D eigenvalue weighted by molar-refractivity contribution is 7.92. The molecule has 1 N–H and O–H groups in total. The molecular weight excluding hydrogens is 286 g/mol. The molecule has 0 amide bonds. The molecule has 19 heavy (non-hydrogen) atoms. The van der Waals surface area contributed by atoms with Crippen LogP contribution in [0, 0.1) is 6.92 Å². The van der Waals surface area contributed by atoms with E-state index in [0.29, 0.717) is 41.9 Å². The van der Waals surface area contributed by atoms with Gasteiger partial charge in [0.15, 0.2) is 9.84 Å². The van der Waals surface area contributed by atoms with Crippen molar-refractivity contribution in [1.29, 1.82) is 0 Å². The Hall–Kier alpha value is -0.880. The SMILES string of the molecule is CCc1nc(Cl)c(C)c(NCC2CCCS2(=O)=O)n1. The van der Waals surface area contributed by atoms with E-state index in [4.69, 9.17) is 11.6 Å². The summed E-state index contributed by atoms with van der Waals surface area (Å²) in [6, 6.07) is 0. The van der Waals surface area contributed by atoms with Crippen LogP contribution in [0.2, 0.25) is 5.15 Å². The molecule has 1 aromatic heterocycles. The lowest BCUT2D eigenvalue weighted by molar-refractivity contribution is 0.591. The molecule has 1 saturated heterocycles. The van der Waals surface area contributed by atoms with Gasteiger partial charge in [-0.2, -0.15) is 0 Å². The summed E-state index contributed by atoms with van der Waals surface area (Å²) in [6.45, 7) is 4.17. The number of hydrogen-bond acceptors (Lipinski definition) is 5. The summed E-state index contributed by atoms with van der Waals surface area (Å²) in [6.07, 6.45) is 2.16. The molecule has 0 saturated carbocycles. The maximum Gasteiger partial charge on any atom is 0.154 e. The molecule has 0 aliphatic carbocycles. The van der Waals surface area contributed by atoms with Crippen LogP contribution in [-0.2, 0) is 16.3 Å². The van der Waals surface area contributed by atoms with Crippen LogP contribution in [0.1, 0.15) is 31.2 Å². The van der Waals surface area contributed by atoms with Crippen LogP contribution in [0.5, 0.6) is 0 Å². The van der Waals surface area contributed by atoms with Gasteiger partial charge in [0.25, 0.3) is 0 Å². The zero-order chi connectivity index (χ0) is 14.0. The van der Waals surface area contributed by atoms with E-state index in [1.807, 2.05) is 13.8 Å². The highest BCUT2D eigenvalue weighted by atomic mass is 35.5. The van der Waals surface area contributed by atoms with Crippen molar-refractivity contribution in [2.24, 2.45) is 0 Å². The quantitative estimate of drug-likeness (QED) is 0.861. The summed E-state index contributed by atoms with van der Waals surface area (Å²) in [7, 11) is -2.93. The van der Waals surface area contributed by atoms with Gasteiger partial charge in [0.1, 0.15) is 16.8 Å². The van der Waals surface area contributed by atoms with Gasteiger partial charge in [0, 0.05) is 18.5 Å². The molecule has 5 nitrogen and oxygen atoms in total. The molecule has 0 radical (unpaired) electrons. The van der Waals surface area contributed by atoms with Crippen LogP contribution in [0.15, 0.2) is 0 Å². The third kappa shape index (κ3) is 3.17. The van der Waals surface area contributed by atoms with E-state index in [9.17, 15) is 8.42 Å². The van der Waals surface area contributed by atoms with E-state index in [2.05, 4.69) is 15.3 Å². The van der Waals surface area contributed by atoms with Crippen molar-refractivity contribution in [3.63, 3.8) is 0 Å². The fraction of sp³-hybridized carbons (Fsp3) is 0.667. The van der Waals surface area contributed by atoms with Gasteiger partial charge in [0.05, 0.1) is 11.0 Å². The summed E-state index contributed by atoms with van der Waals surface area (Å²) in [5, 5.41) is 3.22. The molecule has 1 aliphatic rings. The Bertz CT molecular complexity index is 575. The second-order valence-electron chi connectivity index (χ2n) is 4.77.